The minimum absolute atomic E-state index is 0.250. The summed E-state index contributed by atoms with van der Waals surface area (Å²) in [6.45, 7) is 18.1. The highest BCUT2D eigenvalue weighted by Gasteiger charge is 2.34. The van der Waals surface area contributed by atoms with Crippen molar-refractivity contribution in [1.29, 1.82) is 0 Å². The molecule has 6 nitrogen and oxygen atoms in total. The number of terminal acetylenes is 1. The molecule has 228 valence electrons. The van der Waals surface area contributed by atoms with Crippen LogP contribution in [0, 0.1) is 25.2 Å². The summed E-state index contributed by atoms with van der Waals surface area (Å²) in [5.41, 5.74) is 0.951. The van der Waals surface area contributed by atoms with Gasteiger partial charge in [-0.2, -0.15) is 0 Å². The fourth-order valence-corrected chi connectivity index (χ4v) is 6.04. The second kappa shape index (κ2) is 16.1. The predicted molar refractivity (Wildman–Crippen MR) is 171 cm³/mol. The molecule has 41 heavy (non-hydrogen) atoms. The molecule has 0 aliphatic rings. The fraction of sp³-hybridized carbons (Fsp3) is 0.588. The monoisotopic (exact) mass is 585 g/mol. The molecule has 1 heterocycles. The third kappa shape index (κ3) is 9.70. The van der Waals surface area contributed by atoms with Gasteiger partial charge in [-0.15, -0.1) is 17.8 Å². The first-order valence-corrected chi connectivity index (χ1v) is 15.3. The van der Waals surface area contributed by atoms with E-state index in [0.717, 1.165) is 34.4 Å². The van der Waals surface area contributed by atoms with Crippen LogP contribution in [0.2, 0.25) is 0 Å². The van der Waals surface area contributed by atoms with Gasteiger partial charge in [0, 0.05) is 15.2 Å². The zero-order valence-electron chi connectivity index (χ0n) is 26.8. The van der Waals surface area contributed by atoms with Gasteiger partial charge in [-0.3, -0.25) is 4.79 Å². The lowest BCUT2D eigenvalue weighted by molar-refractivity contribution is -0.149. The molecule has 0 saturated carbocycles. The number of carbonyl (C=O) groups is 2. The molecule has 1 rings (SSSR count). The van der Waals surface area contributed by atoms with Crippen molar-refractivity contribution in [3.63, 3.8) is 0 Å². The standard InChI is InChI=1S/C34H51NO5S/c1-12-17-28(20-24(6)22-40-23-33(38,13-2)14-3)34(15-4,16-5)29-21-27(26(8)41-29)19-18-25(7)30(36)35-32(9,10)31(37)39-11/h1,17-21,25,38H,13-16,22-23H2,2-11H3,(H,35,36)/b19-18-,24-20-,28-17+. The summed E-state index contributed by atoms with van der Waals surface area (Å²) in [5, 5.41) is 13.3. The van der Waals surface area contributed by atoms with Crippen molar-refractivity contribution in [2.75, 3.05) is 20.3 Å². The van der Waals surface area contributed by atoms with E-state index in [-0.39, 0.29) is 11.3 Å². The molecule has 0 aliphatic heterocycles. The number of rotatable bonds is 16. The molecule has 0 saturated heterocycles. The number of hydrogen-bond acceptors (Lipinski definition) is 6. The molecular weight excluding hydrogens is 534 g/mol. The molecular formula is C34H51NO5S. The van der Waals surface area contributed by atoms with Gasteiger partial charge in [0.2, 0.25) is 5.91 Å². The maximum absolute atomic E-state index is 12.7. The summed E-state index contributed by atoms with van der Waals surface area (Å²) in [6, 6.07) is 2.19. The topological polar surface area (TPSA) is 84.9 Å². The average Bonchev–Trinajstić information content (AvgIpc) is 3.32. The second-order valence-electron chi connectivity index (χ2n) is 11.3. The number of allylic oxidation sites excluding steroid dienone is 3. The van der Waals surface area contributed by atoms with Crippen molar-refractivity contribution < 1.29 is 24.2 Å². The summed E-state index contributed by atoms with van der Waals surface area (Å²) >= 11 is 1.74. The highest BCUT2D eigenvalue weighted by atomic mass is 32.1. The van der Waals surface area contributed by atoms with E-state index in [9.17, 15) is 14.7 Å². The quantitative estimate of drug-likeness (QED) is 0.125. The summed E-state index contributed by atoms with van der Waals surface area (Å²) in [4.78, 5) is 27.1. The van der Waals surface area contributed by atoms with Gasteiger partial charge in [0.25, 0.3) is 0 Å². The molecule has 0 aliphatic carbocycles. The Hall–Kier alpha value is -2.66. The maximum Gasteiger partial charge on any atom is 0.330 e. The zero-order valence-corrected chi connectivity index (χ0v) is 27.6. The largest absolute Gasteiger partial charge is 0.467 e. The number of amides is 1. The minimum atomic E-state index is -1.11. The highest BCUT2D eigenvalue weighted by molar-refractivity contribution is 7.12. The van der Waals surface area contributed by atoms with Gasteiger partial charge in [-0.05, 0) is 82.2 Å². The Morgan fingerprint density at radius 2 is 1.78 bits per heavy atom. The van der Waals surface area contributed by atoms with Crippen LogP contribution in [0.3, 0.4) is 0 Å². The van der Waals surface area contributed by atoms with E-state index < -0.39 is 23.0 Å². The summed E-state index contributed by atoms with van der Waals surface area (Å²) in [5.74, 6) is 1.56. The van der Waals surface area contributed by atoms with Gasteiger partial charge in [-0.25, -0.2) is 4.79 Å². The number of esters is 1. The average molecular weight is 586 g/mol. The number of hydrogen-bond donors (Lipinski definition) is 2. The summed E-state index contributed by atoms with van der Waals surface area (Å²) < 4.78 is 10.7. The van der Waals surface area contributed by atoms with Crippen LogP contribution in [0.25, 0.3) is 6.08 Å². The van der Waals surface area contributed by atoms with Crippen LogP contribution < -0.4 is 5.32 Å². The van der Waals surface area contributed by atoms with Crippen LogP contribution in [0.4, 0.5) is 0 Å². The van der Waals surface area contributed by atoms with Crippen LogP contribution in [0.5, 0.6) is 0 Å². The predicted octanol–water partition coefficient (Wildman–Crippen LogP) is 6.91. The van der Waals surface area contributed by atoms with Gasteiger partial charge in [-0.1, -0.05) is 58.8 Å². The van der Waals surface area contributed by atoms with Crippen molar-refractivity contribution in [3.05, 3.63) is 50.8 Å². The Kier molecular flexibility index (Phi) is 14.3. The smallest absolute Gasteiger partial charge is 0.330 e. The van der Waals surface area contributed by atoms with Crippen molar-refractivity contribution in [3.8, 4) is 12.3 Å². The van der Waals surface area contributed by atoms with Gasteiger partial charge in [0.1, 0.15) is 5.54 Å². The van der Waals surface area contributed by atoms with Gasteiger partial charge in [0.05, 0.1) is 31.8 Å². The van der Waals surface area contributed by atoms with Gasteiger partial charge < -0.3 is 19.9 Å². The van der Waals surface area contributed by atoms with E-state index in [1.807, 2.05) is 39.0 Å². The lowest BCUT2D eigenvalue weighted by Gasteiger charge is -2.33. The first-order chi connectivity index (χ1) is 19.2. The van der Waals surface area contributed by atoms with Crippen LogP contribution in [-0.4, -0.2) is 48.4 Å². The van der Waals surface area contributed by atoms with Crippen molar-refractivity contribution >= 4 is 29.3 Å². The van der Waals surface area contributed by atoms with Crippen LogP contribution in [-0.2, 0) is 24.5 Å². The van der Waals surface area contributed by atoms with Gasteiger partial charge >= 0.3 is 5.97 Å². The van der Waals surface area contributed by atoms with E-state index in [1.54, 1.807) is 32.1 Å². The molecule has 1 unspecified atom stereocenters. The first kappa shape index (κ1) is 36.4. The van der Waals surface area contributed by atoms with Crippen molar-refractivity contribution in [2.24, 2.45) is 5.92 Å². The normalized spacial score (nSPS) is 14.2. The Bertz CT molecular complexity index is 1160. The molecule has 0 bridgehead atoms. The number of methoxy groups -OCH3 is 1. The van der Waals surface area contributed by atoms with E-state index in [1.165, 1.54) is 12.0 Å². The Morgan fingerprint density at radius 1 is 1.17 bits per heavy atom. The molecule has 1 amide bonds. The Balaban J connectivity index is 3.26. The highest BCUT2D eigenvalue weighted by Crippen LogP contribution is 2.44. The number of thiophene rings is 1. The fourth-order valence-electron chi connectivity index (χ4n) is 4.68. The zero-order chi connectivity index (χ0) is 31.4. The Morgan fingerprint density at radius 3 is 2.29 bits per heavy atom. The number of nitrogens with one attached hydrogen (secondary N) is 1. The number of aryl methyl sites for hydroxylation is 1. The molecule has 1 atom stereocenters. The summed E-state index contributed by atoms with van der Waals surface area (Å²) in [6.07, 6.45) is 16.6. The number of aliphatic hydroxyl groups is 1. The third-order valence-electron chi connectivity index (χ3n) is 7.95. The van der Waals surface area contributed by atoms with Crippen LogP contribution in [0.15, 0.2) is 35.4 Å². The van der Waals surface area contributed by atoms with E-state index in [0.29, 0.717) is 26.1 Å². The summed E-state index contributed by atoms with van der Waals surface area (Å²) in [7, 11) is 1.30. The molecule has 0 fully saturated rings. The van der Waals surface area contributed by atoms with Crippen LogP contribution in [0.1, 0.15) is 96.4 Å². The lowest BCUT2D eigenvalue weighted by Crippen LogP contribution is -2.51. The van der Waals surface area contributed by atoms with Crippen LogP contribution >= 0.6 is 11.3 Å². The molecule has 2 N–H and O–H groups in total. The second-order valence-corrected chi connectivity index (χ2v) is 12.6. The molecule has 1 aromatic rings. The minimum Gasteiger partial charge on any atom is -0.467 e. The van der Waals surface area contributed by atoms with E-state index >= 15 is 0 Å². The Labute approximate surface area is 252 Å². The number of carbonyl (C=O) groups excluding carboxylic acids is 2. The molecule has 1 aromatic heterocycles. The molecule has 0 spiro atoms. The third-order valence-corrected chi connectivity index (χ3v) is 9.22. The molecule has 0 aromatic carbocycles. The van der Waals surface area contributed by atoms with E-state index in [2.05, 4.69) is 44.2 Å². The van der Waals surface area contributed by atoms with Crippen molar-refractivity contribution in [1.82, 2.24) is 5.32 Å². The van der Waals surface area contributed by atoms with Gasteiger partial charge in [0.15, 0.2) is 0 Å². The number of ether oxygens (including phenoxy) is 2. The maximum atomic E-state index is 12.7. The van der Waals surface area contributed by atoms with E-state index in [4.69, 9.17) is 15.9 Å². The SMILES string of the molecule is C#C/C=C(\C=C(\C)COCC(O)(CC)CC)C(CC)(CC)c1cc(/C=C\C(C)C(=O)NC(C)(C)C(=O)OC)c(C)s1. The van der Waals surface area contributed by atoms with Crippen molar-refractivity contribution in [2.45, 2.75) is 105 Å². The molecule has 0 radical (unpaired) electrons. The lowest BCUT2D eigenvalue weighted by atomic mass is 9.73. The first-order valence-electron chi connectivity index (χ1n) is 14.5. The molecule has 7 heteroatoms.